The SMILES string of the molecule is CCCN(CCC[N+](C)(C)C)c1cc(C=C2Sc3ccccc3N2C)c2ccc(OC)cc2[n+]1-c1ccccc1. The number of hydrogen-bond acceptors (Lipinski definition) is 4. The molecule has 0 unspecified atom stereocenters. The Kier molecular flexibility index (Phi) is 8.38. The molecule has 0 amide bonds. The Morgan fingerprint density at radius 1 is 0.950 bits per heavy atom. The van der Waals surface area contributed by atoms with Gasteiger partial charge in [-0.25, -0.2) is 0 Å². The molecule has 0 bridgehead atoms. The van der Waals surface area contributed by atoms with Gasteiger partial charge >= 0.3 is 0 Å². The normalized spacial score (nSPS) is 14.2. The molecule has 0 aliphatic carbocycles. The van der Waals surface area contributed by atoms with Crippen LogP contribution in [0.15, 0.2) is 88.8 Å². The highest BCUT2D eigenvalue weighted by Crippen LogP contribution is 2.46. The average molecular weight is 555 g/mol. The molecular weight excluding hydrogens is 512 g/mol. The molecular formula is C34H42N4OS+2. The summed E-state index contributed by atoms with van der Waals surface area (Å²) in [5, 5.41) is 2.43. The summed E-state index contributed by atoms with van der Waals surface area (Å²) in [6.07, 6.45) is 4.56. The van der Waals surface area contributed by atoms with Gasteiger partial charge in [0.15, 0.2) is 0 Å². The van der Waals surface area contributed by atoms with Crippen molar-refractivity contribution in [2.24, 2.45) is 0 Å². The number of anilines is 2. The van der Waals surface area contributed by atoms with Crippen molar-refractivity contribution in [2.75, 3.05) is 64.7 Å². The molecule has 0 N–H and O–H groups in total. The van der Waals surface area contributed by atoms with E-state index in [1.54, 1.807) is 7.11 Å². The maximum Gasteiger partial charge on any atom is 0.282 e. The lowest BCUT2D eigenvalue weighted by Gasteiger charge is -2.26. The van der Waals surface area contributed by atoms with Gasteiger partial charge in [0.1, 0.15) is 17.0 Å². The van der Waals surface area contributed by atoms with Crippen LogP contribution >= 0.6 is 11.8 Å². The Bertz CT molecular complexity index is 1510. The summed E-state index contributed by atoms with van der Waals surface area (Å²) >= 11 is 1.84. The zero-order valence-electron chi connectivity index (χ0n) is 24.7. The summed E-state index contributed by atoms with van der Waals surface area (Å²) in [6, 6.07) is 28.2. The first kappa shape index (κ1) is 28.1. The van der Waals surface area contributed by atoms with Crippen LogP contribution in [0.4, 0.5) is 11.5 Å². The third kappa shape index (κ3) is 5.98. The highest BCUT2D eigenvalue weighted by molar-refractivity contribution is 8.03. The lowest BCUT2D eigenvalue weighted by molar-refractivity contribution is -0.870. The van der Waals surface area contributed by atoms with Gasteiger partial charge in [-0.3, -0.25) is 4.90 Å². The third-order valence-electron chi connectivity index (χ3n) is 7.41. The van der Waals surface area contributed by atoms with Crippen LogP contribution in [0.5, 0.6) is 5.75 Å². The number of ether oxygens (including phenoxy) is 1. The second kappa shape index (κ2) is 11.9. The van der Waals surface area contributed by atoms with E-state index in [-0.39, 0.29) is 0 Å². The number of nitrogens with zero attached hydrogens (tertiary/aromatic N) is 4. The number of rotatable bonds is 10. The number of para-hydroxylation sites is 2. The van der Waals surface area contributed by atoms with E-state index in [0.717, 1.165) is 53.9 Å². The van der Waals surface area contributed by atoms with Crippen LogP contribution in [0.3, 0.4) is 0 Å². The van der Waals surface area contributed by atoms with Crippen molar-refractivity contribution < 1.29 is 13.8 Å². The van der Waals surface area contributed by atoms with Crippen molar-refractivity contribution >= 4 is 40.2 Å². The highest BCUT2D eigenvalue weighted by Gasteiger charge is 2.27. The molecule has 1 aromatic heterocycles. The number of aromatic nitrogens is 1. The molecule has 0 atom stereocenters. The van der Waals surface area contributed by atoms with E-state index in [1.807, 2.05) is 11.8 Å². The topological polar surface area (TPSA) is 19.6 Å². The van der Waals surface area contributed by atoms with Crippen LogP contribution in [0.2, 0.25) is 0 Å². The molecule has 6 heteroatoms. The van der Waals surface area contributed by atoms with Gasteiger partial charge in [0.25, 0.3) is 5.82 Å². The molecule has 3 aromatic carbocycles. The predicted molar refractivity (Wildman–Crippen MR) is 171 cm³/mol. The molecule has 1 aliphatic rings. The van der Waals surface area contributed by atoms with E-state index >= 15 is 0 Å². The maximum absolute atomic E-state index is 5.74. The minimum Gasteiger partial charge on any atom is -0.497 e. The fourth-order valence-corrected chi connectivity index (χ4v) is 6.50. The Labute approximate surface area is 243 Å². The second-order valence-corrected chi connectivity index (χ2v) is 12.5. The lowest BCUT2D eigenvalue weighted by Crippen LogP contribution is -2.43. The summed E-state index contributed by atoms with van der Waals surface area (Å²) in [5.41, 5.74) is 4.77. The van der Waals surface area contributed by atoms with Gasteiger partial charge in [-0.2, -0.15) is 4.57 Å². The molecule has 1 aliphatic heterocycles. The zero-order valence-corrected chi connectivity index (χ0v) is 25.5. The van der Waals surface area contributed by atoms with Crippen molar-refractivity contribution in [3.8, 4) is 11.4 Å². The van der Waals surface area contributed by atoms with Crippen molar-refractivity contribution in [3.63, 3.8) is 0 Å². The number of thioether (sulfide) groups is 1. The average Bonchev–Trinajstić information content (AvgIpc) is 3.26. The molecule has 0 saturated heterocycles. The molecule has 0 radical (unpaired) electrons. The summed E-state index contributed by atoms with van der Waals surface area (Å²) < 4.78 is 9.12. The molecule has 5 rings (SSSR count). The van der Waals surface area contributed by atoms with E-state index in [4.69, 9.17) is 4.74 Å². The van der Waals surface area contributed by atoms with Gasteiger partial charge in [-0.1, -0.05) is 49.0 Å². The van der Waals surface area contributed by atoms with Gasteiger partial charge in [0, 0.05) is 35.9 Å². The molecule has 208 valence electrons. The van der Waals surface area contributed by atoms with Crippen LogP contribution < -0.4 is 19.1 Å². The first-order valence-electron chi connectivity index (χ1n) is 14.2. The largest absolute Gasteiger partial charge is 0.497 e. The monoisotopic (exact) mass is 554 g/mol. The molecule has 2 heterocycles. The lowest BCUT2D eigenvalue weighted by atomic mass is 10.1. The van der Waals surface area contributed by atoms with E-state index < -0.39 is 0 Å². The minimum absolute atomic E-state index is 0.861. The maximum atomic E-state index is 5.74. The summed E-state index contributed by atoms with van der Waals surface area (Å²) in [5.74, 6) is 2.07. The molecule has 5 nitrogen and oxygen atoms in total. The fraction of sp³-hybridized carbons (Fsp3) is 0.324. The fourth-order valence-electron chi connectivity index (χ4n) is 5.40. The van der Waals surface area contributed by atoms with Crippen LogP contribution in [0, 0.1) is 0 Å². The number of quaternary nitrogens is 1. The van der Waals surface area contributed by atoms with Crippen molar-refractivity contribution in [1.82, 2.24) is 0 Å². The van der Waals surface area contributed by atoms with Gasteiger partial charge in [-0.15, -0.1) is 0 Å². The third-order valence-corrected chi connectivity index (χ3v) is 8.58. The number of fused-ring (bicyclic) bond motifs is 2. The number of methoxy groups -OCH3 is 1. The number of benzene rings is 3. The summed E-state index contributed by atoms with van der Waals surface area (Å²) in [6.45, 7) is 5.40. The van der Waals surface area contributed by atoms with Crippen molar-refractivity contribution in [3.05, 3.63) is 89.5 Å². The Morgan fingerprint density at radius 3 is 2.40 bits per heavy atom. The van der Waals surface area contributed by atoms with Gasteiger partial charge in [0.05, 0.1) is 58.6 Å². The first-order valence-corrected chi connectivity index (χ1v) is 15.0. The summed E-state index contributed by atoms with van der Waals surface area (Å²) in [7, 11) is 10.7. The van der Waals surface area contributed by atoms with Gasteiger partial charge < -0.3 is 14.1 Å². The summed E-state index contributed by atoms with van der Waals surface area (Å²) in [4.78, 5) is 6.17. The number of pyridine rings is 1. The predicted octanol–water partition coefficient (Wildman–Crippen LogP) is 6.98. The van der Waals surface area contributed by atoms with Crippen molar-refractivity contribution in [2.45, 2.75) is 24.7 Å². The van der Waals surface area contributed by atoms with E-state index in [1.165, 1.54) is 32.4 Å². The molecule has 0 spiro atoms. The highest BCUT2D eigenvalue weighted by atomic mass is 32.2. The zero-order chi connectivity index (χ0) is 28.3. The molecule has 40 heavy (non-hydrogen) atoms. The standard InChI is InChI=1S/C34H42N4OS/c1-7-20-36(21-13-22-38(3,4)5)33-23-26(24-34-35(2)30-16-11-12-17-32(30)40-34)29-19-18-28(39-6)25-31(29)37(33)27-14-9-8-10-15-27/h8-12,14-19,23-25H,7,13,20-22H2,1-6H3/q+2. The smallest absolute Gasteiger partial charge is 0.282 e. The van der Waals surface area contributed by atoms with E-state index in [0.29, 0.717) is 0 Å². The first-order chi connectivity index (χ1) is 19.3. The minimum atomic E-state index is 0.861. The Hall–Kier alpha value is -3.48. The van der Waals surface area contributed by atoms with Crippen LogP contribution in [-0.4, -0.2) is 59.4 Å². The number of hydrogen-bond donors (Lipinski definition) is 0. The Balaban J connectivity index is 1.72. The molecule has 0 saturated carbocycles. The van der Waals surface area contributed by atoms with E-state index in [2.05, 4.69) is 134 Å². The van der Waals surface area contributed by atoms with Crippen molar-refractivity contribution in [1.29, 1.82) is 0 Å². The van der Waals surface area contributed by atoms with Gasteiger partial charge in [0.2, 0.25) is 0 Å². The van der Waals surface area contributed by atoms with Crippen LogP contribution in [0.1, 0.15) is 25.3 Å². The molecule has 4 aromatic rings. The Morgan fingerprint density at radius 2 is 1.70 bits per heavy atom. The van der Waals surface area contributed by atoms with Crippen LogP contribution in [0.25, 0.3) is 22.7 Å². The second-order valence-electron chi connectivity index (χ2n) is 11.5. The van der Waals surface area contributed by atoms with E-state index in [9.17, 15) is 0 Å². The van der Waals surface area contributed by atoms with Crippen LogP contribution in [-0.2, 0) is 0 Å². The molecule has 0 fully saturated rings. The van der Waals surface area contributed by atoms with Gasteiger partial charge in [-0.05, 0) is 54.5 Å². The quantitative estimate of drug-likeness (QED) is 0.156.